The molecule has 106 valence electrons. The summed E-state index contributed by atoms with van der Waals surface area (Å²) >= 11 is 2.03. The van der Waals surface area contributed by atoms with Gasteiger partial charge >= 0.3 is 0 Å². The molecule has 1 N–H and O–H groups in total. The third-order valence-electron chi connectivity index (χ3n) is 3.55. The summed E-state index contributed by atoms with van der Waals surface area (Å²) in [4.78, 5) is 0. The second kappa shape index (κ2) is 7.81. The number of thioether (sulfide) groups is 1. The molecule has 0 fully saturated rings. The van der Waals surface area contributed by atoms with Crippen LogP contribution in [-0.4, -0.2) is 30.7 Å². The highest BCUT2D eigenvalue weighted by atomic mass is 32.2. The highest BCUT2D eigenvalue weighted by Crippen LogP contribution is 2.26. The Kier molecular flexibility index (Phi) is 6.05. The number of hydrogen-bond donors (Lipinski definition) is 1. The van der Waals surface area contributed by atoms with E-state index in [-0.39, 0.29) is 0 Å². The summed E-state index contributed by atoms with van der Waals surface area (Å²) in [5.41, 5.74) is 2.84. The Balaban J connectivity index is 1.85. The van der Waals surface area contributed by atoms with E-state index in [1.54, 1.807) is 0 Å². The van der Waals surface area contributed by atoms with Crippen LogP contribution in [0.2, 0.25) is 0 Å². The maximum absolute atomic E-state index is 5.56. The molecule has 1 aliphatic rings. The van der Waals surface area contributed by atoms with E-state index in [1.807, 2.05) is 11.8 Å². The molecule has 1 unspecified atom stereocenters. The summed E-state index contributed by atoms with van der Waals surface area (Å²) in [6.07, 6.45) is 3.46. The average Bonchev–Trinajstić information content (AvgIpc) is 2.89. The van der Waals surface area contributed by atoms with Crippen molar-refractivity contribution in [3.63, 3.8) is 0 Å². The summed E-state index contributed by atoms with van der Waals surface area (Å²) in [5.74, 6) is 3.52. The first-order valence-corrected chi connectivity index (χ1v) is 8.54. The van der Waals surface area contributed by atoms with Crippen LogP contribution in [0.5, 0.6) is 5.75 Å². The van der Waals surface area contributed by atoms with Gasteiger partial charge in [0.05, 0.1) is 6.61 Å². The minimum atomic E-state index is 0.638. The molecule has 0 radical (unpaired) electrons. The van der Waals surface area contributed by atoms with E-state index in [0.717, 1.165) is 31.7 Å². The second-order valence-electron chi connectivity index (χ2n) is 4.99. The molecule has 19 heavy (non-hydrogen) atoms. The van der Waals surface area contributed by atoms with Gasteiger partial charge in [0.25, 0.3) is 0 Å². The van der Waals surface area contributed by atoms with E-state index in [9.17, 15) is 0 Å². The predicted octanol–water partition coefficient (Wildman–Crippen LogP) is 3.29. The number of hydrogen-bond acceptors (Lipinski definition) is 3. The maximum Gasteiger partial charge on any atom is 0.122 e. The molecular formula is C16H25NOS. The lowest BCUT2D eigenvalue weighted by molar-refractivity contribution is 0.357. The molecule has 1 aliphatic heterocycles. The Labute approximate surface area is 121 Å². The van der Waals surface area contributed by atoms with Gasteiger partial charge in [0.2, 0.25) is 0 Å². The van der Waals surface area contributed by atoms with Crippen molar-refractivity contribution in [2.24, 2.45) is 0 Å². The number of nitrogens with one attached hydrogen (secondary N) is 1. The predicted molar refractivity (Wildman–Crippen MR) is 84.4 cm³/mol. The molecular weight excluding hydrogens is 254 g/mol. The van der Waals surface area contributed by atoms with Gasteiger partial charge in [-0.1, -0.05) is 26.0 Å². The highest BCUT2D eigenvalue weighted by Gasteiger charge is 2.13. The molecule has 1 aromatic rings. The van der Waals surface area contributed by atoms with Gasteiger partial charge in [0, 0.05) is 18.2 Å². The molecule has 0 saturated carbocycles. The maximum atomic E-state index is 5.56. The van der Waals surface area contributed by atoms with Crippen molar-refractivity contribution in [1.29, 1.82) is 0 Å². The Morgan fingerprint density at radius 3 is 3.05 bits per heavy atom. The lowest BCUT2D eigenvalue weighted by Crippen LogP contribution is -2.31. The average molecular weight is 279 g/mol. The molecule has 0 spiro atoms. The molecule has 0 saturated heterocycles. The van der Waals surface area contributed by atoms with Crippen LogP contribution in [0, 0.1) is 0 Å². The molecule has 0 bridgehead atoms. The first kappa shape index (κ1) is 14.7. The fourth-order valence-corrected chi connectivity index (χ4v) is 3.33. The largest absolute Gasteiger partial charge is 0.493 e. The summed E-state index contributed by atoms with van der Waals surface area (Å²) < 4.78 is 5.56. The fourth-order valence-electron chi connectivity index (χ4n) is 2.53. The summed E-state index contributed by atoms with van der Waals surface area (Å²) in [6, 6.07) is 7.33. The fraction of sp³-hybridized carbons (Fsp3) is 0.625. The van der Waals surface area contributed by atoms with Crippen LogP contribution in [0.3, 0.4) is 0 Å². The molecule has 3 heteroatoms. The zero-order chi connectivity index (χ0) is 13.5. The summed E-state index contributed by atoms with van der Waals surface area (Å²) in [7, 11) is 0. The van der Waals surface area contributed by atoms with Crippen molar-refractivity contribution >= 4 is 11.8 Å². The lowest BCUT2D eigenvalue weighted by atomic mass is 10.0. The van der Waals surface area contributed by atoms with Crippen molar-refractivity contribution in [1.82, 2.24) is 5.32 Å². The quantitative estimate of drug-likeness (QED) is 0.789. The van der Waals surface area contributed by atoms with Gasteiger partial charge in [-0.25, -0.2) is 0 Å². The minimum Gasteiger partial charge on any atom is -0.493 e. The molecule has 1 atom stereocenters. The van der Waals surface area contributed by atoms with Crippen molar-refractivity contribution in [2.45, 2.75) is 39.2 Å². The van der Waals surface area contributed by atoms with Crippen LogP contribution >= 0.6 is 11.8 Å². The van der Waals surface area contributed by atoms with Crippen LogP contribution < -0.4 is 10.1 Å². The molecule has 2 nitrogen and oxygen atoms in total. The zero-order valence-corrected chi connectivity index (χ0v) is 12.9. The summed E-state index contributed by atoms with van der Waals surface area (Å²) in [6.45, 7) is 6.34. The Hall–Kier alpha value is -0.670. The van der Waals surface area contributed by atoms with E-state index in [4.69, 9.17) is 4.74 Å². The first-order valence-electron chi connectivity index (χ1n) is 7.39. The van der Waals surface area contributed by atoms with Gasteiger partial charge in [-0.3, -0.25) is 0 Å². The number of rotatable bonds is 8. The van der Waals surface area contributed by atoms with Gasteiger partial charge in [0.15, 0.2) is 0 Å². The Bertz CT molecular complexity index is 394. The van der Waals surface area contributed by atoms with E-state index >= 15 is 0 Å². The van der Waals surface area contributed by atoms with Crippen molar-refractivity contribution in [2.75, 3.05) is 24.7 Å². The summed E-state index contributed by atoms with van der Waals surface area (Å²) in [5, 5.41) is 3.59. The van der Waals surface area contributed by atoms with Gasteiger partial charge in [0.1, 0.15) is 5.75 Å². The SMILES string of the molecule is CCNC(CCc1ccc2c(c1)CCO2)CSCC. The first-order chi connectivity index (χ1) is 9.33. The smallest absolute Gasteiger partial charge is 0.122 e. The van der Waals surface area contributed by atoms with Crippen LogP contribution in [0.25, 0.3) is 0 Å². The third-order valence-corrected chi connectivity index (χ3v) is 4.60. The molecule has 0 aliphatic carbocycles. The van der Waals surface area contributed by atoms with Crippen LogP contribution in [0.1, 0.15) is 31.4 Å². The molecule has 1 aromatic carbocycles. The van der Waals surface area contributed by atoms with Gasteiger partial charge in [-0.2, -0.15) is 11.8 Å². The van der Waals surface area contributed by atoms with Crippen LogP contribution in [0.15, 0.2) is 18.2 Å². The van der Waals surface area contributed by atoms with E-state index < -0.39 is 0 Å². The van der Waals surface area contributed by atoms with E-state index in [2.05, 4.69) is 37.4 Å². The Morgan fingerprint density at radius 1 is 1.37 bits per heavy atom. The van der Waals surface area contributed by atoms with E-state index in [0.29, 0.717) is 6.04 Å². The number of ether oxygens (including phenoxy) is 1. The second-order valence-corrected chi connectivity index (χ2v) is 6.31. The zero-order valence-electron chi connectivity index (χ0n) is 12.1. The van der Waals surface area contributed by atoms with Gasteiger partial charge in [-0.15, -0.1) is 0 Å². The number of aryl methyl sites for hydroxylation is 1. The number of fused-ring (bicyclic) bond motifs is 1. The van der Waals surface area contributed by atoms with Crippen molar-refractivity contribution < 1.29 is 4.74 Å². The normalized spacial score (nSPS) is 15.1. The van der Waals surface area contributed by atoms with E-state index in [1.165, 1.54) is 29.1 Å². The standard InChI is InChI=1S/C16H25NOS/c1-3-17-15(12-19-4-2)7-5-13-6-8-16-14(11-13)9-10-18-16/h6,8,11,15,17H,3-5,7,9-10,12H2,1-2H3. The van der Waals surface area contributed by atoms with Crippen molar-refractivity contribution in [3.8, 4) is 5.75 Å². The Morgan fingerprint density at radius 2 is 2.26 bits per heavy atom. The molecule has 2 rings (SSSR count). The van der Waals surface area contributed by atoms with Gasteiger partial charge < -0.3 is 10.1 Å². The third kappa shape index (κ3) is 4.43. The van der Waals surface area contributed by atoms with Crippen LogP contribution in [-0.2, 0) is 12.8 Å². The van der Waals surface area contributed by atoms with Gasteiger partial charge in [-0.05, 0) is 42.3 Å². The minimum absolute atomic E-state index is 0.638. The topological polar surface area (TPSA) is 21.3 Å². The molecule has 1 heterocycles. The number of benzene rings is 1. The van der Waals surface area contributed by atoms with Crippen LogP contribution in [0.4, 0.5) is 0 Å². The highest BCUT2D eigenvalue weighted by molar-refractivity contribution is 7.99. The molecule has 0 amide bonds. The lowest BCUT2D eigenvalue weighted by Gasteiger charge is -2.17. The van der Waals surface area contributed by atoms with Crippen molar-refractivity contribution in [3.05, 3.63) is 29.3 Å². The molecule has 0 aromatic heterocycles. The monoisotopic (exact) mass is 279 g/mol.